The van der Waals surface area contributed by atoms with Crippen LogP contribution in [0.5, 0.6) is 0 Å². The molecule has 0 fully saturated rings. The maximum Gasteiger partial charge on any atom is 0.234 e. The van der Waals surface area contributed by atoms with E-state index in [1.807, 2.05) is 20.0 Å². The average molecular weight is 273 g/mol. The van der Waals surface area contributed by atoms with Crippen LogP contribution in [0.15, 0.2) is 28.7 Å². The smallest absolute Gasteiger partial charge is 0.234 e. The summed E-state index contributed by atoms with van der Waals surface area (Å²) in [6, 6.07) is 7.15. The Morgan fingerprint density at radius 1 is 0.875 bits per heavy atom. The number of hydrogen-bond acceptors (Lipinski definition) is 2. The molecule has 0 saturated heterocycles. The van der Waals surface area contributed by atoms with Crippen LogP contribution in [0.2, 0.25) is 0 Å². The van der Waals surface area contributed by atoms with Gasteiger partial charge in [-0.1, -0.05) is 33.5 Å². The summed E-state index contributed by atoms with van der Waals surface area (Å²) in [7, 11) is 1.97. The Hall–Kier alpha value is -1.42. The zero-order valence-corrected chi connectivity index (χ0v) is 10.1. The first-order valence-electron chi connectivity index (χ1n) is 4.92. The molecule has 0 radical (unpaired) electrons. The first-order chi connectivity index (χ1) is 7.61. The third-order valence-corrected chi connectivity index (χ3v) is 3.67. The highest BCUT2D eigenvalue weighted by molar-refractivity contribution is 9.10. The minimum Gasteiger partial charge on any atom is -0.285 e. The van der Waals surface area contributed by atoms with Crippen molar-refractivity contribution in [3.8, 4) is 0 Å². The van der Waals surface area contributed by atoms with Crippen LogP contribution in [-0.4, -0.2) is 19.4 Å². The van der Waals surface area contributed by atoms with Gasteiger partial charge in [0.1, 0.15) is 7.85 Å². The Bertz CT molecular complexity index is 622. The van der Waals surface area contributed by atoms with Crippen LogP contribution in [0.1, 0.15) is 20.7 Å². The molecule has 1 aliphatic rings. The van der Waals surface area contributed by atoms with Crippen molar-refractivity contribution in [2.24, 2.45) is 0 Å². The minimum absolute atomic E-state index is 0.391. The van der Waals surface area contributed by atoms with E-state index in [1.165, 1.54) is 0 Å². The molecular formula is C12H6BBrO2. The average Bonchev–Trinajstić information content (AvgIpc) is 2.50. The SMILES string of the molecule is Bc1ccc2c3c(ccc(Br)c13)C(=O)C2=O. The van der Waals surface area contributed by atoms with Gasteiger partial charge >= 0.3 is 0 Å². The van der Waals surface area contributed by atoms with Crippen molar-refractivity contribution in [3.63, 3.8) is 0 Å². The van der Waals surface area contributed by atoms with E-state index in [0.717, 1.165) is 20.7 Å². The molecule has 3 rings (SSSR count). The molecule has 0 saturated carbocycles. The van der Waals surface area contributed by atoms with Crippen molar-refractivity contribution in [2.75, 3.05) is 0 Å². The van der Waals surface area contributed by atoms with Gasteiger partial charge in [0.05, 0.1) is 0 Å². The second-order valence-corrected chi connectivity index (χ2v) is 4.79. The molecule has 2 nitrogen and oxygen atoms in total. The molecule has 76 valence electrons. The van der Waals surface area contributed by atoms with E-state index < -0.39 is 11.6 Å². The number of Topliss-reactive ketones (excluding diaryl/α,β-unsaturated/α-hetero) is 2. The highest BCUT2D eigenvalue weighted by Crippen LogP contribution is 2.33. The second kappa shape index (κ2) is 3.04. The van der Waals surface area contributed by atoms with Crippen LogP contribution in [-0.2, 0) is 0 Å². The highest BCUT2D eigenvalue weighted by Gasteiger charge is 2.31. The standard InChI is InChI=1S/C12H6BBrO2/c13-7-3-1-5-9-6(12(16)11(5)15)2-4-8(14)10(7)9/h1-4H,13H2. The fourth-order valence-corrected chi connectivity index (χ4v) is 2.88. The van der Waals surface area contributed by atoms with Crippen molar-refractivity contribution in [3.05, 3.63) is 39.9 Å². The van der Waals surface area contributed by atoms with Crippen LogP contribution in [0.25, 0.3) is 10.8 Å². The summed E-state index contributed by atoms with van der Waals surface area (Å²) < 4.78 is 0.924. The van der Waals surface area contributed by atoms with Gasteiger partial charge in [0.25, 0.3) is 0 Å². The van der Waals surface area contributed by atoms with Gasteiger partial charge in [0.2, 0.25) is 11.6 Å². The molecule has 0 bridgehead atoms. The van der Waals surface area contributed by atoms with Crippen LogP contribution in [0.4, 0.5) is 0 Å². The van der Waals surface area contributed by atoms with Crippen LogP contribution in [0, 0.1) is 0 Å². The molecular weight excluding hydrogens is 267 g/mol. The third-order valence-electron chi connectivity index (χ3n) is 3.01. The van der Waals surface area contributed by atoms with Gasteiger partial charge in [-0.15, -0.1) is 0 Å². The Labute approximate surface area is 101 Å². The largest absolute Gasteiger partial charge is 0.285 e. The van der Waals surface area contributed by atoms with E-state index in [0.29, 0.717) is 11.1 Å². The lowest BCUT2D eigenvalue weighted by Crippen LogP contribution is -2.07. The zero-order valence-electron chi connectivity index (χ0n) is 8.50. The van der Waals surface area contributed by atoms with E-state index in [1.54, 1.807) is 12.1 Å². The lowest BCUT2D eigenvalue weighted by Gasteiger charge is -2.05. The summed E-state index contributed by atoms with van der Waals surface area (Å²) in [5, 5.41) is 1.76. The van der Waals surface area contributed by atoms with E-state index in [-0.39, 0.29) is 0 Å². The van der Waals surface area contributed by atoms with Gasteiger partial charge in [-0.2, -0.15) is 0 Å². The van der Waals surface area contributed by atoms with Crippen molar-refractivity contribution >= 4 is 51.6 Å². The first kappa shape index (κ1) is 9.79. The van der Waals surface area contributed by atoms with Gasteiger partial charge < -0.3 is 0 Å². The zero-order chi connectivity index (χ0) is 11.4. The predicted octanol–water partition coefficient (Wildman–Crippen LogP) is 1.24. The van der Waals surface area contributed by atoms with E-state index >= 15 is 0 Å². The highest BCUT2D eigenvalue weighted by atomic mass is 79.9. The molecule has 16 heavy (non-hydrogen) atoms. The molecule has 0 aliphatic heterocycles. The number of hydrogen-bond donors (Lipinski definition) is 0. The topological polar surface area (TPSA) is 34.1 Å². The molecule has 4 heteroatoms. The fraction of sp³-hybridized carbons (Fsp3) is 0. The molecule has 0 spiro atoms. The molecule has 0 unspecified atom stereocenters. The molecule has 0 amide bonds. The number of halogens is 1. The molecule has 0 N–H and O–H groups in total. The molecule has 2 aromatic carbocycles. The van der Waals surface area contributed by atoms with Gasteiger partial charge in [0.15, 0.2) is 0 Å². The van der Waals surface area contributed by atoms with Gasteiger partial charge in [0, 0.05) is 21.0 Å². The van der Waals surface area contributed by atoms with Crippen molar-refractivity contribution in [1.29, 1.82) is 0 Å². The van der Waals surface area contributed by atoms with Crippen molar-refractivity contribution in [1.82, 2.24) is 0 Å². The summed E-state index contributed by atoms with van der Waals surface area (Å²) in [4.78, 5) is 23.5. The molecule has 1 aliphatic carbocycles. The first-order valence-corrected chi connectivity index (χ1v) is 5.71. The number of rotatable bonds is 0. The Morgan fingerprint density at radius 3 is 2.06 bits per heavy atom. The summed E-state index contributed by atoms with van der Waals surface area (Å²) in [6.45, 7) is 0. The van der Waals surface area contributed by atoms with Gasteiger partial charge in [-0.05, 0) is 17.5 Å². The Kier molecular flexibility index (Phi) is 1.86. The summed E-state index contributed by atoms with van der Waals surface area (Å²) in [5.74, 6) is -0.781. The van der Waals surface area contributed by atoms with Crippen molar-refractivity contribution in [2.45, 2.75) is 0 Å². The number of carbonyl (C=O) groups is 2. The Morgan fingerprint density at radius 2 is 1.44 bits per heavy atom. The number of ketones is 2. The van der Waals surface area contributed by atoms with E-state index in [9.17, 15) is 9.59 Å². The summed E-state index contributed by atoms with van der Waals surface area (Å²) in [6.07, 6.45) is 0. The quantitative estimate of drug-likeness (QED) is 0.534. The van der Waals surface area contributed by atoms with Gasteiger partial charge in [-0.25, -0.2) is 0 Å². The van der Waals surface area contributed by atoms with Crippen LogP contribution >= 0.6 is 15.9 Å². The lowest BCUT2D eigenvalue weighted by molar-refractivity contribution is 0.0825. The lowest BCUT2D eigenvalue weighted by atomic mass is 9.88. The Balaban J connectivity index is 2.64. The fourth-order valence-electron chi connectivity index (χ4n) is 2.24. The van der Waals surface area contributed by atoms with Crippen molar-refractivity contribution < 1.29 is 9.59 Å². The van der Waals surface area contributed by atoms with Gasteiger partial charge in [-0.3, -0.25) is 9.59 Å². The molecule has 0 atom stereocenters. The van der Waals surface area contributed by atoms with Crippen LogP contribution in [0.3, 0.4) is 0 Å². The summed E-state index contributed by atoms with van der Waals surface area (Å²) >= 11 is 3.46. The minimum atomic E-state index is -0.391. The maximum atomic E-state index is 11.7. The normalized spacial score (nSPS) is 13.8. The monoisotopic (exact) mass is 272 g/mol. The number of benzene rings is 2. The predicted molar refractivity (Wildman–Crippen MR) is 68.5 cm³/mol. The molecule has 0 heterocycles. The van der Waals surface area contributed by atoms with E-state index in [2.05, 4.69) is 15.9 Å². The number of carbonyl (C=O) groups excluding carboxylic acids is 2. The second-order valence-electron chi connectivity index (χ2n) is 3.93. The van der Waals surface area contributed by atoms with E-state index in [4.69, 9.17) is 0 Å². The van der Waals surface area contributed by atoms with Crippen LogP contribution < -0.4 is 5.46 Å². The molecule has 2 aromatic rings. The summed E-state index contributed by atoms with van der Waals surface area (Å²) in [5.41, 5.74) is 2.12. The molecule has 0 aromatic heterocycles. The maximum absolute atomic E-state index is 11.7. The third kappa shape index (κ3) is 1.03.